The Balaban J connectivity index is 2.41. The van der Waals surface area contributed by atoms with E-state index < -0.39 is 25.2 Å². The van der Waals surface area contributed by atoms with Crippen LogP contribution >= 0.6 is 0 Å². The lowest BCUT2D eigenvalue weighted by Crippen LogP contribution is -2.13. The zero-order valence-electron chi connectivity index (χ0n) is 10.4. The second-order valence-electron chi connectivity index (χ2n) is 3.98. The van der Waals surface area contributed by atoms with Gasteiger partial charge in [0.1, 0.15) is 0 Å². The molecule has 0 bridgehead atoms. The highest BCUT2D eigenvalue weighted by molar-refractivity contribution is 5.91. The van der Waals surface area contributed by atoms with E-state index in [1.54, 1.807) is 24.3 Å². The molecule has 0 unspecified atom stereocenters. The van der Waals surface area contributed by atoms with Crippen LogP contribution < -0.4 is 9.47 Å². The fourth-order valence-electron chi connectivity index (χ4n) is 1.76. The Morgan fingerprint density at radius 3 is 2.25 bits per heavy atom. The number of carbonyl (C=O) groups is 2. The van der Waals surface area contributed by atoms with Crippen molar-refractivity contribution in [3.05, 3.63) is 36.4 Å². The first kappa shape index (κ1) is 13.7. The van der Waals surface area contributed by atoms with Crippen molar-refractivity contribution in [1.29, 1.82) is 0 Å². The molecule has 0 aliphatic heterocycles. The Bertz CT molecular complexity index is 649. The van der Waals surface area contributed by atoms with Gasteiger partial charge in [0.15, 0.2) is 24.7 Å². The second kappa shape index (κ2) is 5.92. The molecule has 0 saturated carbocycles. The summed E-state index contributed by atoms with van der Waals surface area (Å²) < 4.78 is 10.3. The van der Waals surface area contributed by atoms with E-state index in [0.29, 0.717) is 5.39 Å². The third kappa shape index (κ3) is 3.17. The lowest BCUT2D eigenvalue weighted by atomic mass is 10.1. The Labute approximate surface area is 114 Å². The van der Waals surface area contributed by atoms with E-state index in [1.807, 2.05) is 12.1 Å². The third-order valence-electron chi connectivity index (χ3n) is 2.53. The molecule has 0 aromatic heterocycles. The predicted octanol–water partition coefficient (Wildman–Crippen LogP) is 1.77. The number of hydrogen-bond donors (Lipinski definition) is 2. The molecular weight excluding hydrogens is 264 g/mol. The minimum atomic E-state index is -1.12. The fraction of sp³-hybridized carbons (Fsp3) is 0.143. The van der Waals surface area contributed by atoms with Crippen molar-refractivity contribution >= 4 is 22.7 Å². The summed E-state index contributed by atoms with van der Waals surface area (Å²) in [5.74, 6) is -1.82. The van der Waals surface area contributed by atoms with E-state index in [0.717, 1.165) is 5.39 Å². The number of hydrogen-bond acceptors (Lipinski definition) is 4. The van der Waals surface area contributed by atoms with Crippen LogP contribution in [0.2, 0.25) is 0 Å². The molecule has 0 fully saturated rings. The Hall–Kier alpha value is -2.76. The van der Waals surface area contributed by atoms with E-state index in [-0.39, 0.29) is 11.5 Å². The molecule has 6 nitrogen and oxygen atoms in total. The van der Waals surface area contributed by atoms with Gasteiger partial charge in [-0.05, 0) is 11.5 Å². The van der Waals surface area contributed by atoms with Gasteiger partial charge in [-0.1, -0.05) is 30.3 Å². The first-order chi connectivity index (χ1) is 9.58. The summed E-state index contributed by atoms with van der Waals surface area (Å²) in [6.45, 7) is -1.06. The van der Waals surface area contributed by atoms with Gasteiger partial charge in [0.05, 0.1) is 0 Å². The normalized spacial score (nSPS) is 10.2. The van der Waals surface area contributed by atoms with Crippen molar-refractivity contribution in [3.63, 3.8) is 0 Å². The molecule has 2 N–H and O–H groups in total. The van der Waals surface area contributed by atoms with Gasteiger partial charge in [0.2, 0.25) is 0 Å². The van der Waals surface area contributed by atoms with Crippen LogP contribution in [0.25, 0.3) is 10.8 Å². The Morgan fingerprint density at radius 2 is 1.55 bits per heavy atom. The van der Waals surface area contributed by atoms with E-state index in [2.05, 4.69) is 0 Å². The molecule has 6 heteroatoms. The quantitative estimate of drug-likeness (QED) is 0.835. The Kier molecular flexibility index (Phi) is 4.05. The van der Waals surface area contributed by atoms with Crippen molar-refractivity contribution < 1.29 is 29.3 Å². The van der Waals surface area contributed by atoms with Crippen LogP contribution in [0, 0.1) is 0 Å². The number of fused-ring (bicyclic) bond motifs is 1. The molecule has 104 valence electrons. The van der Waals surface area contributed by atoms with Gasteiger partial charge < -0.3 is 19.7 Å². The summed E-state index contributed by atoms with van der Waals surface area (Å²) in [6.07, 6.45) is 0. The van der Waals surface area contributed by atoms with Crippen LogP contribution in [0.4, 0.5) is 0 Å². The number of carboxylic acids is 2. The molecule has 0 heterocycles. The monoisotopic (exact) mass is 276 g/mol. The van der Waals surface area contributed by atoms with Gasteiger partial charge in [-0.15, -0.1) is 0 Å². The number of rotatable bonds is 6. The molecule has 0 amide bonds. The molecule has 2 aromatic rings. The minimum Gasteiger partial charge on any atom is -0.479 e. The van der Waals surface area contributed by atoms with Gasteiger partial charge in [-0.25, -0.2) is 9.59 Å². The van der Waals surface area contributed by atoms with Crippen LogP contribution in [-0.4, -0.2) is 35.4 Å². The molecule has 2 rings (SSSR count). The molecule has 0 aliphatic carbocycles. The molecule has 0 saturated heterocycles. The summed E-state index contributed by atoms with van der Waals surface area (Å²) in [5, 5.41) is 18.8. The van der Waals surface area contributed by atoms with Gasteiger partial charge in [-0.3, -0.25) is 0 Å². The summed E-state index contributed by atoms with van der Waals surface area (Å²) in [7, 11) is 0. The molecule has 0 atom stereocenters. The highest BCUT2D eigenvalue weighted by Gasteiger charge is 2.13. The highest BCUT2D eigenvalue weighted by Crippen LogP contribution is 2.35. The molecule has 0 radical (unpaired) electrons. The lowest BCUT2D eigenvalue weighted by Gasteiger charge is -2.13. The maximum atomic E-state index is 10.6. The lowest BCUT2D eigenvalue weighted by molar-refractivity contribution is -0.140. The van der Waals surface area contributed by atoms with Gasteiger partial charge in [-0.2, -0.15) is 0 Å². The van der Waals surface area contributed by atoms with E-state index >= 15 is 0 Å². The van der Waals surface area contributed by atoms with Crippen molar-refractivity contribution in [2.45, 2.75) is 0 Å². The zero-order chi connectivity index (χ0) is 14.5. The average molecular weight is 276 g/mol. The zero-order valence-corrected chi connectivity index (χ0v) is 10.4. The molecule has 2 aromatic carbocycles. The first-order valence-corrected chi connectivity index (χ1v) is 5.79. The van der Waals surface area contributed by atoms with Crippen LogP contribution in [0.3, 0.4) is 0 Å². The predicted molar refractivity (Wildman–Crippen MR) is 70.2 cm³/mol. The van der Waals surface area contributed by atoms with Gasteiger partial charge in [0.25, 0.3) is 0 Å². The smallest absolute Gasteiger partial charge is 0.341 e. The van der Waals surface area contributed by atoms with Crippen LogP contribution in [0.1, 0.15) is 0 Å². The van der Waals surface area contributed by atoms with Crippen molar-refractivity contribution in [2.75, 3.05) is 13.2 Å². The topological polar surface area (TPSA) is 93.1 Å². The second-order valence-corrected chi connectivity index (χ2v) is 3.98. The molecule has 20 heavy (non-hydrogen) atoms. The fourth-order valence-corrected chi connectivity index (χ4v) is 1.76. The van der Waals surface area contributed by atoms with Gasteiger partial charge in [0, 0.05) is 5.39 Å². The standard InChI is InChI=1S/C14H12O6/c15-12(16)7-19-11-6-5-9-3-1-2-4-10(9)14(11)20-8-13(17)18/h1-6H,7-8H2,(H,15,16)(H,17,18). The minimum absolute atomic E-state index is 0.201. The number of aliphatic carboxylic acids is 2. The third-order valence-corrected chi connectivity index (χ3v) is 2.53. The maximum absolute atomic E-state index is 10.6. The Morgan fingerprint density at radius 1 is 0.900 bits per heavy atom. The van der Waals surface area contributed by atoms with Crippen LogP contribution in [-0.2, 0) is 9.59 Å². The average Bonchev–Trinajstić information content (AvgIpc) is 2.42. The van der Waals surface area contributed by atoms with E-state index in [1.165, 1.54) is 0 Å². The van der Waals surface area contributed by atoms with Crippen molar-refractivity contribution in [1.82, 2.24) is 0 Å². The van der Waals surface area contributed by atoms with Gasteiger partial charge >= 0.3 is 11.9 Å². The highest BCUT2D eigenvalue weighted by atomic mass is 16.5. The molecule has 0 aliphatic rings. The summed E-state index contributed by atoms with van der Waals surface area (Å²) >= 11 is 0. The first-order valence-electron chi connectivity index (χ1n) is 5.79. The SMILES string of the molecule is O=C(O)COc1ccc2ccccc2c1OCC(=O)O. The maximum Gasteiger partial charge on any atom is 0.341 e. The van der Waals surface area contributed by atoms with Crippen molar-refractivity contribution in [2.24, 2.45) is 0 Å². The van der Waals surface area contributed by atoms with Crippen LogP contribution in [0.5, 0.6) is 11.5 Å². The number of carboxylic acid groups (broad SMARTS) is 2. The number of benzene rings is 2. The molecular formula is C14H12O6. The van der Waals surface area contributed by atoms with E-state index in [9.17, 15) is 9.59 Å². The summed E-state index contributed by atoms with van der Waals surface area (Å²) in [5.41, 5.74) is 0. The van der Waals surface area contributed by atoms with E-state index in [4.69, 9.17) is 19.7 Å². The largest absolute Gasteiger partial charge is 0.479 e. The number of ether oxygens (including phenoxy) is 2. The van der Waals surface area contributed by atoms with Crippen molar-refractivity contribution in [3.8, 4) is 11.5 Å². The summed E-state index contributed by atoms with van der Waals surface area (Å²) in [4.78, 5) is 21.2. The summed E-state index contributed by atoms with van der Waals surface area (Å²) in [6, 6.07) is 10.5. The van der Waals surface area contributed by atoms with Crippen LogP contribution in [0.15, 0.2) is 36.4 Å². The molecule has 0 spiro atoms.